The zero-order chi connectivity index (χ0) is 23.1. The van der Waals surface area contributed by atoms with Crippen LogP contribution in [-0.2, 0) is 0 Å². The predicted molar refractivity (Wildman–Crippen MR) is 123 cm³/mol. The van der Waals surface area contributed by atoms with Crippen LogP contribution in [0.1, 0.15) is 21.7 Å². The van der Waals surface area contributed by atoms with Crippen molar-refractivity contribution in [3.8, 4) is 11.5 Å². The maximum absolute atomic E-state index is 13.1. The molecular formula is C22H17ClN8O2. The lowest BCUT2D eigenvalue weighted by Crippen LogP contribution is -2.15. The number of amides is 1. The van der Waals surface area contributed by atoms with E-state index < -0.39 is 0 Å². The zero-order valence-corrected chi connectivity index (χ0v) is 18.3. The van der Waals surface area contributed by atoms with Gasteiger partial charge >= 0.3 is 0 Å². The lowest BCUT2D eigenvalue weighted by atomic mass is 10.1. The van der Waals surface area contributed by atoms with Gasteiger partial charge in [0.1, 0.15) is 0 Å². The van der Waals surface area contributed by atoms with Crippen LogP contribution in [0.2, 0.25) is 5.02 Å². The molecule has 33 heavy (non-hydrogen) atoms. The number of fused-ring (bicyclic) bond motifs is 1. The monoisotopic (exact) mass is 460 g/mol. The van der Waals surface area contributed by atoms with Crippen LogP contribution in [0.4, 0.5) is 5.69 Å². The van der Waals surface area contributed by atoms with E-state index in [9.17, 15) is 9.59 Å². The van der Waals surface area contributed by atoms with Gasteiger partial charge in [0.05, 0.1) is 51.9 Å². The highest BCUT2D eigenvalue weighted by Crippen LogP contribution is 2.26. The summed E-state index contributed by atoms with van der Waals surface area (Å²) >= 11 is 6.35. The topological polar surface area (TPSA) is 123 Å². The smallest absolute Gasteiger partial charge is 0.259 e. The van der Waals surface area contributed by atoms with Gasteiger partial charge in [-0.25, -0.2) is 9.67 Å². The van der Waals surface area contributed by atoms with Gasteiger partial charge in [0.25, 0.3) is 11.5 Å². The molecule has 0 aliphatic rings. The maximum atomic E-state index is 13.1. The first-order valence-electron chi connectivity index (χ1n) is 9.94. The number of aromatic nitrogens is 7. The van der Waals surface area contributed by atoms with Gasteiger partial charge < -0.3 is 10.3 Å². The summed E-state index contributed by atoms with van der Waals surface area (Å²) in [6, 6.07) is 8.78. The summed E-state index contributed by atoms with van der Waals surface area (Å²) in [5.74, 6) is 0.00914. The summed E-state index contributed by atoms with van der Waals surface area (Å²) in [5, 5.41) is 16.9. The van der Waals surface area contributed by atoms with Crippen LogP contribution in [0.5, 0.6) is 0 Å². The fraction of sp³-hybridized carbons (Fsp3) is 0.0909. The molecule has 4 aromatic heterocycles. The van der Waals surface area contributed by atoms with Crippen molar-refractivity contribution in [3.63, 3.8) is 0 Å². The summed E-state index contributed by atoms with van der Waals surface area (Å²) < 4.78 is 1.64. The zero-order valence-electron chi connectivity index (χ0n) is 17.6. The van der Waals surface area contributed by atoms with Crippen LogP contribution in [0.15, 0.2) is 59.9 Å². The third kappa shape index (κ3) is 3.56. The van der Waals surface area contributed by atoms with Crippen molar-refractivity contribution in [2.24, 2.45) is 0 Å². The minimum absolute atomic E-state index is 0.189. The van der Waals surface area contributed by atoms with Crippen LogP contribution in [0.3, 0.4) is 0 Å². The van der Waals surface area contributed by atoms with Gasteiger partial charge in [-0.1, -0.05) is 17.7 Å². The first-order chi connectivity index (χ1) is 15.9. The highest BCUT2D eigenvalue weighted by Gasteiger charge is 2.19. The fourth-order valence-electron chi connectivity index (χ4n) is 3.61. The minimum Gasteiger partial charge on any atom is -0.329 e. The van der Waals surface area contributed by atoms with E-state index in [0.29, 0.717) is 44.6 Å². The fourth-order valence-corrected chi connectivity index (χ4v) is 3.84. The molecule has 1 aromatic carbocycles. The highest BCUT2D eigenvalue weighted by molar-refractivity contribution is 6.32. The molecule has 0 saturated heterocycles. The second kappa shape index (κ2) is 7.99. The Bertz CT molecular complexity index is 1570. The van der Waals surface area contributed by atoms with Crippen molar-refractivity contribution in [2.45, 2.75) is 13.8 Å². The molecule has 0 spiro atoms. The summed E-state index contributed by atoms with van der Waals surface area (Å²) in [7, 11) is 0. The Morgan fingerprint density at radius 1 is 1.09 bits per heavy atom. The summed E-state index contributed by atoms with van der Waals surface area (Å²) in [6.45, 7) is 3.54. The lowest BCUT2D eigenvalue weighted by molar-refractivity contribution is 0.102. The van der Waals surface area contributed by atoms with E-state index in [4.69, 9.17) is 11.6 Å². The number of pyridine rings is 2. The molecule has 5 rings (SSSR count). The number of anilines is 1. The lowest BCUT2D eigenvalue weighted by Gasteiger charge is -2.11. The number of rotatable bonds is 4. The second-order valence-electron chi connectivity index (χ2n) is 7.30. The van der Waals surface area contributed by atoms with E-state index in [-0.39, 0.29) is 11.5 Å². The SMILES string of the molecule is Cc1nc(-n2nccn2)c(Cl)cc1NC(=O)c1cnn(-c2cccc3c(=O)[nH]ccc23)c1C. The van der Waals surface area contributed by atoms with E-state index in [1.54, 1.807) is 49.0 Å². The third-order valence-electron chi connectivity index (χ3n) is 5.28. The van der Waals surface area contributed by atoms with Gasteiger partial charge in [-0.3, -0.25) is 9.59 Å². The van der Waals surface area contributed by atoms with E-state index in [0.717, 1.165) is 5.39 Å². The van der Waals surface area contributed by atoms with Crippen molar-refractivity contribution in [1.82, 2.24) is 34.7 Å². The van der Waals surface area contributed by atoms with Crippen LogP contribution in [-0.4, -0.2) is 40.6 Å². The Morgan fingerprint density at radius 3 is 2.67 bits per heavy atom. The molecule has 0 bridgehead atoms. The molecule has 164 valence electrons. The number of hydrogen-bond donors (Lipinski definition) is 2. The first-order valence-corrected chi connectivity index (χ1v) is 10.3. The van der Waals surface area contributed by atoms with Gasteiger partial charge in [-0.05, 0) is 38.1 Å². The van der Waals surface area contributed by atoms with Gasteiger partial charge in [-0.15, -0.1) is 4.80 Å². The molecule has 10 nitrogen and oxygen atoms in total. The van der Waals surface area contributed by atoms with E-state index in [1.165, 1.54) is 23.4 Å². The first kappa shape index (κ1) is 20.6. The number of aryl methyl sites for hydroxylation is 1. The molecule has 1 amide bonds. The molecule has 0 fully saturated rings. The van der Waals surface area contributed by atoms with Crippen LogP contribution < -0.4 is 10.9 Å². The summed E-state index contributed by atoms with van der Waals surface area (Å²) in [6.07, 6.45) is 6.12. The second-order valence-corrected chi connectivity index (χ2v) is 7.71. The molecule has 0 saturated carbocycles. The van der Waals surface area contributed by atoms with E-state index in [2.05, 4.69) is 30.6 Å². The van der Waals surface area contributed by atoms with Crippen molar-refractivity contribution in [3.05, 3.63) is 87.4 Å². The standard InChI is InChI=1S/C22H17ClN8O2/c1-12-18(10-17(23)20(28-12)31-25-8-9-26-31)29-22(33)16-11-27-30(13(16)2)19-5-3-4-15-14(19)6-7-24-21(15)32/h3-11H,1-2H3,(H,24,32)(H,29,33). The van der Waals surface area contributed by atoms with Gasteiger partial charge in [0, 0.05) is 17.0 Å². The Hall–Kier alpha value is -4.31. The predicted octanol–water partition coefficient (Wildman–Crippen LogP) is 3.21. The van der Waals surface area contributed by atoms with Crippen molar-refractivity contribution in [2.75, 3.05) is 5.32 Å². The number of benzene rings is 1. The van der Waals surface area contributed by atoms with Gasteiger partial charge in [0.15, 0.2) is 5.82 Å². The molecule has 0 radical (unpaired) electrons. The largest absolute Gasteiger partial charge is 0.329 e. The van der Waals surface area contributed by atoms with Crippen molar-refractivity contribution < 1.29 is 4.79 Å². The Morgan fingerprint density at radius 2 is 1.88 bits per heavy atom. The molecule has 5 aromatic rings. The number of H-pyrrole nitrogens is 1. The molecular weight excluding hydrogens is 444 g/mol. The maximum Gasteiger partial charge on any atom is 0.259 e. The molecule has 0 aliphatic heterocycles. The Labute approximate surface area is 191 Å². The molecule has 0 atom stereocenters. The Balaban J connectivity index is 1.48. The number of halogens is 1. The normalized spacial score (nSPS) is 11.1. The van der Waals surface area contributed by atoms with Crippen LogP contribution in [0, 0.1) is 13.8 Å². The molecule has 2 N–H and O–H groups in total. The van der Waals surface area contributed by atoms with E-state index >= 15 is 0 Å². The number of nitrogens with one attached hydrogen (secondary N) is 2. The average Bonchev–Trinajstić information content (AvgIpc) is 3.46. The highest BCUT2D eigenvalue weighted by atomic mass is 35.5. The molecule has 11 heteroatoms. The number of hydrogen-bond acceptors (Lipinski definition) is 6. The number of aromatic amines is 1. The molecule has 0 unspecified atom stereocenters. The van der Waals surface area contributed by atoms with Gasteiger partial charge in [-0.2, -0.15) is 15.3 Å². The quantitative estimate of drug-likeness (QED) is 0.424. The number of carbonyl (C=O) groups excluding carboxylic acids is 1. The third-order valence-corrected chi connectivity index (χ3v) is 5.56. The summed E-state index contributed by atoms with van der Waals surface area (Å²) in [4.78, 5) is 33.6. The van der Waals surface area contributed by atoms with Crippen molar-refractivity contribution in [1.29, 1.82) is 0 Å². The van der Waals surface area contributed by atoms with Crippen molar-refractivity contribution >= 4 is 34.0 Å². The Kier molecular flexibility index (Phi) is 4.98. The van der Waals surface area contributed by atoms with Crippen LogP contribution in [0.25, 0.3) is 22.3 Å². The molecule has 0 aliphatic carbocycles. The average molecular weight is 461 g/mol. The van der Waals surface area contributed by atoms with E-state index in [1.807, 2.05) is 6.07 Å². The number of carbonyl (C=O) groups is 1. The molecule has 4 heterocycles. The van der Waals surface area contributed by atoms with Gasteiger partial charge in [0.2, 0.25) is 0 Å². The van der Waals surface area contributed by atoms with Crippen LogP contribution >= 0.6 is 11.6 Å². The minimum atomic E-state index is -0.359. The summed E-state index contributed by atoms with van der Waals surface area (Å²) in [5.41, 5.74) is 2.53. The number of nitrogens with zero attached hydrogens (tertiary/aromatic N) is 6.